The molecule has 178 valence electrons. The summed E-state index contributed by atoms with van der Waals surface area (Å²) in [6, 6.07) is 1.69. The molecule has 0 saturated heterocycles. The summed E-state index contributed by atoms with van der Waals surface area (Å²) in [4.78, 5) is 31.0. The lowest BCUT2D eigenvalue weighted by Crippen LogP contribution is -2.15. The standard InChI is InChI=1S/C22H24ClN7O3S/c1-14-18(8-16(10-24-14)27-20(31)4-3-5-23)28-21(32)17-11-26-30-13-19(34-22(17)30)15-9-25-29(12-15)6-7-33-2/h8-13H,3-7H2,1-2H3,(H,27,31)(H,28,32). The Morgan fingerprint density at radius 1 is 1.18 bits per heavy atom. The second-order valence-electron chi connectivity index (χ2n) is 7.54. The predicted molar refractivity (Wildman–Crippen MR) is 132 cm³/mol. The summed E-state index contributed by atoms with van der Waals surface area (Å²) in [7, 11) is 1.65. The first-order chi connectivity index (χ1) is 16.5. The van der Waals surface area contributed by atoms with E-state index in [9.17, 15) is 9.59 Å². The van der Waals surface area contributed by atoms with Gasteiger partial charge in [0.1, 0.15) is 4.83 Å². The third kappa shape index (κ3) is 5.44. The van der Waals surface area contributed by atoms with Gasteiger partial charge in [-0.1, -0.05) is 0 Å². The Labute approximate surface area is 204 Å². The summed E-state index contributed by atoms with van der Waals surface area (Å²) in [6.07, 6.45) is 9.59. The summed E-state index contributed by atoms with van der Waals surface area (Å²) in [6.45, 7) is 3.02. The van der Waals surface area contributed by atoms with Gasteiger partial charge in [0.25, 0.3) is 5.91 Å². The predicted octanol–water partition coefficient (Wildman–Crippen LogP) is 3.82. The van der Waals surface area contributed by atoms with E-state index >= 15 is 0 Å². The number of carbonyl (C=O) groups is 2. The van der Waals surface area contributed by atoms with E-state index in [1.54, 1.807) is 37.0 Å². The molecule has 12 heteroatoms. The van der Waals surface area contributed by atoms with E-state index < -0.39 is 0 Å². The topological polar surface area (TPSA) is 115 Å². The SMILES string of the molecule is COCCn1cc(-c2cn3ncc(C(=O)Nc4cc(NC(=O)CCCCl)cnc4C)c3s2)cn1. The van der Waals surface area contributed by atoms with Gasteiger partial charge >= 0.3 is 0 Å². The molecule has 0 radical (unpaired) electrons. The number of methoxy groups -OCH3 is 1. The molecular weight excluding hydrogens is 478 g/mol. The Morgan fingerprint density at radius 3 is 2.82 bits per heavy atom. The summed E-state index contributed by atoms with van der Waals surface area (Å²) in [5, 5.41) is 14.3. The zero-order valence-corrected chi connectivity index (χ0v) is 20.3. The van der Waals surface area contributed by atoms with Gasteiger partial charge in [-0.15, -0.1) is 22.9 Å². The van der Waals surface area contributed by atoms with E-state index in [2.05, 4.69) is 25.8 Å². The Kier molecular flexibility index (Phi) is 7.56. The van der Waals surface area contributed by atoms with Crippen LogP contribution < -0.4 is 10.6 Å². The molecule has 0 unspecified atom stereocenters. The van der Waals surface area contributed by atoms with Crippen molar-refractivity contribution in [2.45, 2.75) is 26.3 Å². The Bertz CT molecular complexity index is 1310. The largest absolute Gasteiger partial charge is 0.383 e. The van der Waals surface area contributed by atoms with Crippen LogP contribution in [0, 0.1) is 6.92 Å². The monoisotopic (exact) mass is 501 g/mol. The number of halogens is 1. The molecule has 10 nitrogen and oxygen atoms in total. The van der Waals surface area contributed by atoms with E-state index in [1.165, 1.54) is 17.5 Å². The Morgan fingerprint density at radius 2 is 2.03 bits per heavy atom. The molecule has 4 aromatic rings. The van der Waals surface area contributed by atoms with E-state index in [0.29, 0.717) is 59.3 Å². The van der Waals surface area contributed by atoms with Crippen LogP contribution in [0.15, 0.2) is 37.1 Å². The first-order valence-corrected chi connectivity index (χ1v) is 12.0. The first kappa shape index (κ1) is 23.9. The highest BCUT2D eigenvalue weighted by Crippen LogP contribution is 2.30. The molecule has 0 aliphatic rings. The van der Waals surface area contributed by atoms with Gasteiger partial charge < -0.3 is 15.4 Å². The number of aromatic nitrogens is 5. The average molecular weight is 502 g/mol. The van der Waals surface area contributed by atoms with Crippen LogP contribution in [-0.2, 0) is 16.1 Å². The molecule has 0 spiro atoms. The van der Waals surface area contributed by atoms with Crippen LogP contribution >= 0.6 is 22.9 Å². The highest BCUT2D eigenvalue weighted by Gasteiger charge is 2.18. The molecule has 0 fully saturated rings. The van der Waals surface area contributed by atoms with Gasteiger partial charge in [0.05, 0.1) is 59.3 Å². The average Bonchev–Trinajstić information content (AvgIpc) is 3.54. The fourth-order valence-electron chi connectivity index (χ4n) is 3.24. The number of rotatable bonds is 10. The van der Waals surface area contributed by atoms with Crippen LogP contribution in [0.25, 0.3) is 15.3 Å². The first-order valence-electron chi connectivity index (χ1n) is 10.6. The highest BCUT2D eigenvalue weighted by molar-refractivity contribution is 7.21. The van der Waals surface area contributed by atoms with Crippen molar-refractivity contribution in [3.8, 4) is 10.4 Å². The molecule has 4 aromatic heterocycles. The minimum absolute atomic E-state index is 0.154. The third-order valence-corrected chi connectivity index (χ3v) is 6.47. The molecule has 0 aliphatic heterocycles. The molecule has 0 aromatic carbocycles. The van der Waals surface area contributed by atoms with Crippen LogP contribution in [0.3, 0.4) is 0 Å². The number of fused-ring (bicyclic) bond motifs is 1. The van der Waals surface area contributed by atoms with Crippen LogP contribution in [0.1, 0.15) is 28.9 Å². The van der Waals surface area contributed by atoms with Crippen molar-refractivity contribution in [3.05, 3.63) is 48.3 Å². The summed E-state index contributed by atoms with van der Waals surface area (Å²) >= 11 is 7.10. The molecule has 2 amide bonds. The van der Waals surface area contributed by atoms with Gasteiger partial charge in [0, 0.05) is 37.4 Å². The number of aryl methyl sites for hydroxylation is 1. The molecule has 0 aliphatic carbocycles. The molecule has 0 atom stereocenters. The Hall–Kier alpha value is -3.28. The molecule has 34 heavy (non-hydrogen) atoms. The van der Waals surface area contributed by atoms with Crippen molar-refractivity contribution in [2.24, 2.45) is 0 Å². The van der Waals surface area contributed by atoms with Crippen molar-refractivity contribution >= 4 is 51.0 Å². The van der Waals surface area contributed by atoms with Crippen LogP contribution in [-0.4, -0.2) is 55.8 Å². The number of nitrogens with zero attached hydrogens (tertiary/aromatic N) is 5. The maximum absolute atomic E-state index is 13.1. The normalized spacial score (nSPS) is 11.1. The van der Waals surface area contributed by atoms with Crippen LogP contribution in [0.2, 0.25) is 0 Å². The van der Waals surface area contributed by atoms with Gasteiger partial charge in [-0.3, -0.25) is 19.3 Å². The van der Waals surface area contributed by atoms with Crippen molar-refractivity contribution in [1.29, 1.82) is 0 Å². The van der Waals surface area contributed by atoms with E-state index in [1.807, 2.05) is 17.1 Å². The number of hydrogen-bond donors (Lipinski definition) is 2. The number of nitrogens with one attached hydrogen (secondary N) is 2. The van der Waals surface area contributed by atoms with Crippen LogP contribution in [0.4, 0.5) is 11.4 Å². The second-order valence-corrected chi connectivity index (χ2v) is 8.95. The number of anilines is 2. The molecule has 4 heterocycles. The molecular formula is C22H24ClN7O3S. The minimum atomic E-state index is -0.310. The fraction of sp³-hybridized carbons (Fsp3) is 0.318. The number of amides is 2. The number of ether oxygens (including phenoxy) is 1. The maximum atomic E-state index is 13.1. The smallest absolute Gasteiger partial charge is 0.260 e. The van der Waals surface area contributed by atoms with Crippen molar-refractivity contribution in [1.82, 2.24) is 24.4 Å². The van der Waals surface area contributed by atoms with E-state index in [-0.39, 0.29) is 11.8 Å². The minimum Gasteiger partial charge on any atom is -0.383 e. The summed E-state index contributed by atoms with van der Waals surface area (Å²) in [5.41, 5.74) is 3.03. The number of thiazole rings is 1. The molecule has 4 rings (SSSR count). The molecule has 0 saturated carbocycles. The maximum Gasteiger partial charge on any atom is 0.260 e. The van der Waals surface area contributed by atoms with E-state index in [4.69, 9.17) is 16.3 Å². The van der Waals surface area contributed by atoms with Gasteiger partial charge in [-0.25, -0.2) is 4.52 Å². The zero-order chi connectivity index (χ0) is 24.1. The summed E-state index contributed by atoms with van der Waals surface area (Å²) < 4.78 is 8.58. The van der Waals surface area contributed by atoms with Gasteiger partial charge in [0.15, 0.2) is 0 Å². The Balaban J connectivity index is 1.51. The number of pyridine rings is 1. The van der Waals surface area contributed by atoms with Gasteiger partial charge in [-0.2, -0.15) is 10.2 Å². The fourth-order valence-corrected chi connectivity index (χ4v) is 4.41. The second kappa shape index (κ2) is 10.8. The number of carbonyl (C=O) groups excluding carboxylic acids is 2. The lowest BCUT2D eigenvalue weighted by Gasteiger charge is -2.10. The lowest BCUT2D eigenvalue weighted by molar-refractivity contribution is -0.116. The van der Waals surface area contributed by atoms with Gasteiger partial charge in [-0.05, 0) is 19.4 Å². The summed E-state index contributed by atoms with van der Waals surface area (Å²) in [5.74, 6) is -0.0463. The lowest BCUT2D eigenvalue weighted by atomic mass is 10.2. The zero-order valence-electron chi connectivity index (χ0n) is 18.7. The third-order valence-electron chi connectivity index (χ3n) is 5.04. The molecule has 2 N–H and O–H groups in total. The van der Waals surface area contributed by atoms with E-state index in [0.717, 1.165) is 10.4 Å². The van der Waals surface area contributed by atoms with Crippen molar-refractivity contribution in [2.75, 3.05) is 30.2 Å². The highest BCUT2D eigenvalue weighted by atomic mass is 35.5. The van der Waals surface area contributed by atoms with Crippen molar-refractivity contribution < 1.29 is 14.3 Å². The molecule has 0 bridgehead atoms. The van der Waals surface area contributed by atoms with Gasteiger partial charge in [0.2, 0.25) is 5.91 Å². The van der Waals surface area contributed by atoms with Crippen LogP contribution in [0.5, 0.6) is 0 Å². The quantitative estimate of drug-likeness (QED) is 0.319. The number of hydrogen-bond acceptors (Lipinski definition) is 7. The van der Waals surface area contributed by atoms with Crippen molar-refractivity contribution in [3.63, 3.8) is 0 Å². The number of alkyl halides is 1.